The van der Waals surface area contributed by atoms with Crippen molar-refractivity contribution in [3.8, 4) is 0 Å². The first-order chi connectivity index (χ1) is 8.29. The largest absolute Gasteiger partial charge is 0.307 e. The number of hydrazine groups is 1. The molecule has 0 bridgehead atoms. The summed E-state index contributed by atoms with van der Waals surface area (Å²) in [5.74, 6) is 6.49. The van der Waals surface area contributed by atoms with E-state index in [9.17, 15) is 0 Å². The van der Waals surface area contributed by atoms with Crippen molar-refractivity contribution in [2.24, 2.45) is 5.84 Å². The van der Waals surface area contributed by atoms with Gasteiger partial charge in [0.25, 0.3) is 0 Å². The van der Waals surface area contributed by atoms with E-state index in [-0.39, 0.29) is 0 Å². The maximum absolute atomic E-state index is 6.05. The lowest BCUT2D eigenvalue weighted by molar-refractivity contribution is 1.08. The normalized spacial score (nSPS) is 10.2. The van der Waals surface area contributed by atoms with Gasteiger partial charge in [-0.15, -0.1) is 11.8 Å². The highest BCUT2D eigenvalue weighted by atomic mass is 35.5. The van der Waals surface area contributed by atoms with Gasteiger partial charge in [-0.3, -0.25) is 4.98 Å². The summed E-state index contributed by atoms with van der Waals surface area (Å²) in [7, 11) is 0. The molecule has 0 aliphatic carbocycles. The monoisotopic (exact) mass is 266 g/mol. The summed E-state index contributed by atoms with van der Waals surface area (Å²) in [5, 5.41) is 0.755. The first-order valence-corrected chi connectivity index (χ1v) is 6.31. The fraction of sp³-hybridized carbons (Fsp3) is 0.0909. The minimum absolute atomic E-state index is 0.552. The van der Waals surface area contributed by atoms with Gasteiger partial charge in [0.15, 0.2) is 5.82 Å². The second-order valence-corrected chi connectivity index (χ2v) is 4.68. The summed E-state index contributed by atoms with van der Waals surface area (Å²) in [6, 6.07) is 7.72. The highest BCUT2D eigenvalue weighted by molar-refractivity contribution is 7.98. The summed E-state index contributed by atoms with van der Waals surface area (Å²) in [4.78, 5) is 9.35. The number of nitrogens with zero attached hydrogens (tertiary/aromatic N) is 2. The highest BCUT2D eigenvalue weighted by Gasteiger charge is 2.02. The zero-order chi connectivity index (χ0) is 12.1. The van der Waals surface area contributed by atoms with E-state index >= 15 is 0 Å². The number of benzene rings is 1. The van der Waals surface area contributed by atoms with Crippen LogP contribution in [0.4, 0.5) is 5.82 Å². The van der Waals surface area contributed by atoms with Gasteiger partial charge in [-0.05, 0) is 12.1 Å². The molecule has 0 atom stereocenters. The van der Waals surface area contributed by atoms with Gasteiger partial charge in [0.1, 0.15) is 0 Å². The van der Waals surface area contributed by atoms with Crippen molar-refractivity contribution in [1.29, 1.82) is 0 Å². The summed E-state index contributed by atoms with van der Waals surface area (Å²) in [5.41, 5.74) is 3.32. The van der Waals surface area contributed by atoms with Crippen LogP contribution in [0.3, 0.4) is 0 Å². The minimum atomic E-state index is 0.552. The average Bonchev–Trinajstić information content (AvgIpc) is 2.38. The number of nitrogens with two attached hydrogens (primary N) is 1. The zero-order valence-electron chi connectivity index (χ0n) is 8.93. The lowest BCUT2D eigenvalue weighted by Crippen LogP contribution is -2.08. The van der Waals surface area contributed by atoms with Crippen molar-refractivity contribution >= 4 is 29.2 Å². The molecule has 4 nitrogen and oxygen atoms in total. The molecule has 0 radical (unpaired) electrons. The van der Waals surface area contributed by atoms with E-state index in [0.717, 1.165) is 21.4 Å². The van der Waals surface area contributed by atoms with Crippen LogP contribution in [0.1, 0.15) is 5.69 Å². The summed E-state index contributed by atoms with van der Waals surface area (Å²) < 4.78 is 0. The molecule has 3 N–H and O–H groups in total. The van der Waals surface area contributed by atoms with Crippen LogP contribution in [0.2, 0.25) is 5.02 Å². The van der Waals surface area contributed by atoms with Crippen molar-refractivity contribution in [1.82, 2.24) is 9.97 Å². The molecule has 2 aromatic rings. The van der Waals surface area contributed by atoms with Gasteiger partial charge in [0.2, 0.25) is 0 Å². The quantitative estimate of drug-likeness (QED) is 0.506. The molecule has 88 valence electrons. The fourth-order valence-electron chi connectivity index (χ4n) is 1.22. The van der Waals surface area contributed by atoms with E-state index in [1.807, 2.05) is 24.3 Å². The van der Waals surface area contributed by atoms with E-state index in [4.69, 9.17) is 17.4 Å². The first kappa shape index (κ1) is 12.2. The number of aromatic nitrogens is 2. The zero-order valence-corrected chi connectivity index (χ0v) is 10.5. The van der Waals surface area contributed by atoms with E-state index in [1.54, 1.807) is 24.2 Å². The Morgan fingerprint density at radius 1 is 1.24 bits per heavy atom. The second kappa shape index (κ2) is 5.86. The molecule has 0 fully saturated rings. The maximum Gasteiger partial charge on any atom is 0.158 e. The van der Waals surface area contributed by atoms with Gasteiger partial charge in [-0.2, -0.15) is 0 Å². The average molecular weight is 267 g/mol. The van der Waals surface area contributed by atoms with E-state index < -0.39 is 0 Å². The van der Waals surface area contributed by atoms with Crippen molar-refractivity contribution in [2.45, 2.75) is 10.6 Å². The molecule has 0 spiro atoms. The maximum atomic E-state index is 6.05. The summed E-state index contributed by atoms with van der Waals surface area (Å²) >= 11 is 7.68. The van der Waals surface area contributed by atoms with Crippen LogP contribution >= 0.6 is 23.4 Å². The number of nitrogen functional groups attached to an aromatic ring is 1. The lowest BCUT2D eigenvalue weighted by atomic mass is 10.4. The standard InChI is InChI=1S/C11H11ClN4S/c12-9-3-1-2-4-10(9)17-7-8-5-15-11(16-13)6-14-8/h1-6H,7,13H2,(H,15,16). The second-order valence-electron chi connectivity index (χ2n) is 3.26. The Morgan fingerprint density at radius 2 is 2.06 bits per heavy atom. The van der Waals surface area contributed by atoms with Gasteiger partial charge >= 0.3 is 0 Å². The SMILES string of the molecule is NNc1cnc(CSc2ccccc2Cl)cn1. The highest BCUT2D eigenvalue weighted by Crippen LogP contribution is 2.28. The van der Waals surface area contributed by atoms with Gasteiger partial charge in [0, 0.05) is 10.6 Å². The summed E-state index contributed by atoms with van der Waals surface area (Å²) in [6.45, 7) is 0. The van der Waals surface area contributed by atoms with Crippen LogP contribution in [-0.2, 0) is 5.75 Å². The number of rotatable bonds is 4. The minimum Gasteiger partial charge on any atom is -0.307 e. The molecule has 0 amide bonds. The molecule has 17 heavy (non-hydrogen) atoms. The van der Waals surface area contributed by atoms with Crippen LogP contribution in [0.15, 0.2) is 41.6 Å². The van der Waals surface area contributed by atoms with Gasteiger partial charge in [-0.1, -0.05) is 23.7 Å². The molecule has 6 heteroatoms. The van der Waals surface area contributed by atoms with E-state index in [1.165, 1.54) is 0 Å². The molecule has 2 rings (SSSR count). The fourth-order valence-corrected chi connectivity index (χ4v) is 2.35. The Bertz CT molecular complexity index is 489. The first-order valence-electron chi connectivity index (χ1n) is 4.94. The predicted octanol–water partition coefficient (Wildman–Crippen LogP) is 2.71. The van der Waals surface area contributed by atoms with Crippen molar-refractivity contribution in [2.75, 3.05) is 5.43 Å². The summed E-state index contributed by atoms with van der Waals surface area (Å²) in [6.07, 6.45) is 3.29. The molecule has 1 aromatic heterocycles. The smallest absolute Gasteiger partial charge is 0.158 e. The number of anilines is 1. The van der Waals surface area contributed by atoms with Gasteiger partial charge < -0.3 is 5.43 Å². The van der Waals surface area contributed by atoms with Crippen molar-refractivity contribution in [3.63, 3.8) is 0 Å². The number of thioether (sulfide) groups is 1. The number of halogens is 1. The van der Waals surface area contributed by atoms with Crippen LogP contribution in [0.25, 0.3) is 0 Å². The number of hydrogen-bond acceptors (Lipinski definition) is 5. The van der Waals surface area contributed by atoms with Crippen LogP contribution in [0.5, 0.6) is 0 Å². The third kappa shape index (κ3) is 3.33. The molecular weight excluding hydrogens is 256 g/mol. The number of nitrogens with one attached hydrogen (secondary N) is 1. The van der Waals surface area contributed by atoms with Crippen molar-refractivity contribution < 1.29 is 0 Å². The van der Waals surface area contributed by atoms with Crippen molar-refractivity contribution in [3.05, 3.63) is 47.4 Å². The Labute approximate surface area is 109 Å². The molecule has 0 saturated carbocycles. The molecule has 0 aliphatic rings. The predicted molar refractivity (Wildman–Crippen MR) is 70.9 cm³/mol. The van der Waals surface area contributed by atoms with E-state index in [0.29, 0.717) is 5.82 Å². The third-order valence-electron chi connectivity index (χ3n) is 2.07. The third-order valence-corrected chi connectivity index (χ3v) is 3.61. The Balaban J connectivity index is 2.00. The van der Waals surface area contributed by atoms with Crippen LogP contribution < -0.4 is 11.3 Å². The molecular formula is C11H11ClN4S. The van der Waals surface area contributed by atoms with Crippen LogP contribution in [-0.4, -0.2) is 9.97 Å². The molecule has 0 unspecified atom stereocenters. The van der Waals surface area contributed by atoms with Crippen LogP contribution in [0, 0.1) is 0 Å². The Kier molecular flexibility index (Phi) is 4.19. The Morgan fingerprint density at radius 3 is 2.71 bits per heavy atom. The van der Waals surface area contributed by atoms with Gasteiger partial charge in [0.05, 0.1) is 23.1 Å². The molecule has 1 heterocycles. The Hall–Kier alpha value is -1.30. The molecule has 0 aliphatic heterocycles. The van der Waals surface area contributed by atoms with Gasteiger partial charge in [-0.25, -0.2) is 10.8 Å². The molecule has 1 aromatic carbocycles. The molecule has 0 saturated heterocycles. The number of hydrogen-bond donors (Lipinski definition) is 2. The topological polar surface area (TPSA) is 63.8 Å². The van der Waals surface area contributed by atoms with E-state index in [2.05, 4.69) is 15.4 Å². The lowest BCUT2D eigenvalue weighted by Gasteiger charge is -2.04.